The molecule has 2 atom stereocenters. The van der Waals surface area contributed by atoms with Crippen molar-refractivity contribution in [3.05, 3.63) is 34.3 Å². The standard InChI is InChI=1S/C13H17ClN2O2/c1-8-4-9(2-3-11(8)14)13(18)16-6-10-5-15-7-12(10)17/h2-4,10,12,15,17H,5-7H2,1H3,(H,16,18). The molecule has 0 radical (unpaired) electrons. The average Bonchev–Trinajstić information content (AvgIpc) is 2.75. The first-order valence-electron chi connectivity index (χ1n) is 6.01. The van der Waals surface area contributed by atoms with Crippen LogP contribution in [0.1, 0.15) is 15.9 Å². The summed E-state index contributed by atoms with van der Waals surface area (Å²) in [6.45, 7) is 3.68. The van der Waals surface area contributed by atoms with E-state index in [1.807, 2.05) is 6.92 Å². The van der Waals surface area contributed by atoms with Crippen LogP contribution in [0.5, 0.6) is 0 Å². The summed E-state index contributed by atoms with van der Waals surface area (Å²) in [5, 5.41) is 16.2. The predicted molar refractivity (Wildman–Crippen MR) is 70.9 cm³/mol. The number of hydrogen-bond donors (Lipinski definition) is 3. The van der Waals surface area contributed by atoms with E-state index < -0.39 is 0 Å². The zero-order valence-electron chi connectivity index (χ0n) is 10.2. The number of carbonyl (C=O) groups is 1. The van der Waals surface area contributed by atoms with Crippen molar-refractivity contribution >= 4 is 17.5 Å². The van der Waals surface area contributed by atoms with Crippen molar-refractivity contribution in [2.45, 2.75) is 13.0 Å². The zero-order valence-corrected chi connectivity index (χ0v) is 11.0. The molecule has 0 bridgehead atoms. The molecule has 1 fully saturated rings. The molecule has 0 saturated carbocycles. The summed E-state index contributed by atoms with van der Waals surface area (Å²) in [7, 11) is 0. The molecule has 1 aliphatic rings. The summed E-state index contributed by atoms with van der Waals surface area (Å²) in [6, 6.07) is 5.19. The van der Waals surface area contributed by atoms with Crippen LogP contribution in [-0.4, -0.2) is 36.8 Å². The van der Waals surface area contributed by atoms with Crippen molar-refractivity contribution in [2.24, 2.45) is 5.92 Å². The van der Waals surface area contributed by atoms with E-state index >= 15 is 0 Å². The van der Waals surface area contributed by atoms with Gasteiger partial charge in [-0.25, -0.2) is 0 Å². The van der Waals surface area contributed by atoms with E-state index in [1.54, 1.807) is 18.2 Å². The molecule has 3 N–H and O–H groups in total. The molecule has 1 aliphatic heterocycles. The first-order chi connectivity index (χ1) is 8.58. The third-order valence-electron chi connectivity index (χ3n) is 3.25. The van der Waals surface area contributed by atoms with Crippen LogP contribution in [0.3, 0.4) is 0 Å². The fourth-order valence-electron chi connectivity index (χ4n) is 2.04. The summed E-state index contributed by atoms with van der Waals surface area (Å²) in [5.74, 6) is -0.0452. The molecule has 2 rings (SSSR count). The lowest BCUT2D eigenvalue weighted by Gasteiger charge is -2.14. The Hall–Kier alpha value is -1.10. The topological polar surface area (TPSA) is 61.4 Å². The number of halogens is 1. The van der Waals surface area contributed by atoms with Gasteiger partial charge < -0.3 is 15.7 Å². The Morgan fingerprint density at radius 2 is 2.33 bits per heavy atom. The zero-order chi connectivity index (χ0) is 13.1. The van der Waals surface area contributed by atoms with Crippen LogP contribution >= 0.6 is 11.6 Å². The van der Waals surface area contributed by atoms with Crippen LogP contribution < -0.4 is 10.6 Å². The van der Waals surface area contributed by atoms with E-state index in [0.717, 1.165) is 12.1 Å². The fourth-order valence-corrected chi connectivity index (χ4v) is 2.16. The number of aryl methyl sites for hydroxylation is 1. The first kappa shape index (κ1) is 13.3. The van der Waals surface area contributed by atoms with Crippen LogP contribution in [0.2, 0.25) is 5.02 Å². The molecule has 1 saturated heterocycles. The quantitative estimate of drug-likeness (QED) is 0.765. The van der Waals surface area contributed by atoms with E-state index in [4.69, 9.17) is 11.6 Å². The number of carbonyl (C=O) groups excluding carboxylic acids is 1. The number of amides is 1. The van der Waals surface area contributed by atoms with Gasteiger partial charge in [0.05, 0.1) is 6.10 Å². The van der Waals surface area contributed by atoms with Gasteiger partial charge in [0, 0.05) is 36.1 Å². The van der Waals surface area contributed by atoms with Crippen molar-refractivity contribution in [2.75, 3.05) is 19.6 Å². The number of benzene rings is 1. The Kier molecular flexibility index (Phi) is 4.22. The number of aliphatic hydroxyl groups is 1. The minimum atomic E-state index is -0.378. The Morgan fingerprint density at radius 3 is 2.94 bits per heavy atom. The minimum absolute atomic E-state index is 0.0855. The van der Waals surface area contributed by atoms with Gasteiger partial charge in [-0.2, -0.15) is 0 Å². The lowest BCUT2D eigenvalue weighted by Crippen LogP contribution is -2.34. The minimum Gasteiger partial charge on any atom is -0.391 e. The van der Waals surface area contributed by atoms with E-state index in [9.17, 15) is 9.90 Å². The maximum Gasteiger partial charge on any atom is 0.251 e. The second kappa shape index (κ2) is 5.69. The van der Waals surface area contributed by atoms with Crippen LogP contribution in [0, 0.1) is 12.8 Å². The van der Waals surface area contributed by atoms with Gasteiger partial charge in [-0.1, -0.05) is 11.6 Å². The normalized spacial score (nSPS) is 23.1. The predicted octanol–water partition coefficient (Wildman–Crippen LogP) is 0.959. The Bertz CT molecular complexity index is 451. The van der Waals surface area contributed by atoms with Crippen molar-refractivity contribution < 1.29 is 9.90 Å². The lowest BCUT2D eigenvalue weighted by atomic mass is 10.1. The van der Waals surface area contributed by atoms with Crippen LogP contribution in [0.25, 0.3) is 0 Å². The monoisotopic (exact) mass is 268 g/mol. The van der Waals surface area contributed by atoms with Gasteiger partial charge in [0.1, 0.15) is 0 Å². The maximum atomic E-state index is 11.9. The highest BCUT2D eigenvalue weighted by atomic mass is 35.5. The molecule has 0 aliphatic carbocycles. The molecule has 18 heavy (non-hydrogen) atoms. The molecule has 1 aromatic rings. The molecule has 5 heteroatoms. The Balaban J connectivity index is 1.93. The van der Waals surface area contributed by atoms with Crippen molar-refractivity contribution in [1.29, 1.82) is 0 Å². The molecule has 1 amide bonds. The van der Waals surface area contributed by atoms with Crippen molar-refractivity contribution in [1.82, 2.24) is 10.6 Å². The number of hydrogen-bond acceptors (Lipinski definition) is 3. The summed E-state index contributed by atoms with van der Waals surface area (Å²) in [4.78, 5) is 11.9. The molecule has 2 unspecified atom stereocenters. The summed E-state index contributed by atoms with van der Waals surface area (Å²) in [6.07, 6.45) is -0.378. The molecule has 98 valence electrons. The summed E-state index contributed by atoms with van der Waals surface area (Å²) in [5.41, 5.74) is 1.48. The van der Waals surface area contributed by atoms with E-state index in [-0.39, 0.29) is 17.9 Å². The lowest BCUT2D eigenvalue weighted by molar-refractivity contribution is 0.0927. The molecule has 4 nitrogen and oxygen atoms in total. The third-order valence-corrected chi connectivity index (χ3v) is 3.67. The highest BCUT2D eigenvalue weighted by molar-refractivity contribution is 6.31. The van der Waals surface area contributed by atoms with Gasteiger partial charge in [-0.3, -0.25) is 4.79 Å². The molecule has 1 heterocycles. The van der Waals surface area contributed by atoms with Gasteiger partial charge in [-0.15, -0.1) is 0 Å². The number of rotatable bonds is 3. The largest absolute Gasteiger partial charge is 0.391 e. The Morgan fingerprint density at radius 1 is 1.56 bits per heavy atom. The maximum absolute atomic E-state index is 11.9. The molecular weight excluding hydrogens is 252 g/mol. The number of aliphatic hydroxyl groups excluding tert-OH is 1. The number of β-amino-alcohol motifs (C(OH)–C–C–N with tert-alkyl or cyclic N) is 1. The van der Waals surface area contributed by atoms with Crippen molar-refractivity contribution in [3.63, 3.8) is 0 Å². The van der Waals surface area contributed by atoms with Crippen molar-refractivity contribution in [3.8, 4) is 0 Å². The van der Waals surface area contributed by atoms with Gasteiger partial charge in [0.25, 0.3) is 5.91 Å². The fraction of sp³-hybridized carbons (Fsp3) is 0.462. The van der Waals surface area contributed by atoms with Gasteiger partial charge in [-0.05, 0) is 30.7 Å². The summed E-state index contributed by atoms with van der Waals surface area (Å²) < 4.78 is 0. The summed E-state index contributed by atoms with van der Waals surface area (Å²) >= 11 is 5.91. The molecule has 0 spiro atoms. The van der Waals surface area contributed by atoms with Crippen LogP contribution in [0.15, 0.2) is 18.2 Å². The third kappa shape index (κ3) is 3.02. The van der Waals surface area contributed by atoms with E-state index in [0.29, 0.717) is 23.7 Å². The second-order valence-corrected chi connectivity index (χ2v) is 5.07. The highest BCUT2D eigenvalue weighted by Crippen LogP contribution is 2.16. The van der Waals surface area contributed by atoms with Gasteiger partial charge >= 0.3 is 0 Å². The Labute approximate surface area is 111 Å². The van der Waals surface area contributed by atoms with Gasteiger partial charge in [0.2, 0.25) is 0 Å². The highest BCUT2D eigenvalue weighted by Gasteiger charge is 2.25. The van der Waals surface area contributed by atoms with Gasteiger partial charge in [0.15, 0.2) is 0 Å². The molecular formula is C13H17ClN2O2. The SMILES string of the molecule is Cc1cc(C(=O)NCC2CNCC2O)ccc1Cl. The van der Waals surface area contributed by atoms with E-state index in [2.05, 4.69) is 10.6 Å². The molecule has 0 aromatic heterocycles. The second-order valence-electron chi connectivity index (χ2n) is 4.66. The number of nitrogens with one attached hydrogen (secondary N) is 2. The smallest absolute Gasteiger partial charge is 0.251 e. The van der Waals surface area contributed by atoms with Crippen LogP contribution in [0.4, 0.5) is 0 Å². The molecule has 1 aromatic carbocycles. The van der Waals surface area contributed by atoms with E-state index in [1.165, 1.54) is 0 Å². The first-order valence-corrected chi connectivity index (χ1v) is 6.39. The average molecular weight is 269 g/mol. The van der Waals surface area contributed by atoms with Crippen LogP contribution in [-0.2, 0) is 0 Å².